The molecule has 2 heterocycles. The highest BCUT2D eigenvalue weighted by Crippen LogP contribution is 2.16. The first-order valence-electron chi connectivity index (χ1n) is 12.0. The number of nitrogens with zero attached hydrogens (tertiary/aromatic N) is 3. The highest BCUT2D eigenvalue weighted by Gasteiger charge is 2.27. The average Bonchev–Trinajstić information content (AvgIpc) is 2.87. The number of hydrogen-bond donors (Lipinski definition) is 1. The second-order valence-electron chi connectivity index (χ2n) is 8.67. The Labute approximate surface area is 202 Å². The van der Waals surface area contributed by atoms with Gasteiger partial charge in [0.05, 0.1) is 52.4 Å². The van der Waals surface area contributed by atoms with Gasteiger partial charge in [-0.1, -0.05) is 12.1 Å². The van der Waals surface area contributed by atoms with Crippen molar-refractivity contribution in [2.75, 3.05) is 92.5 Å². The number of aliphatic hydroxyl groups excluding tert-OH is 1. The van der Waals surface area contributed by atoms with E-state index < -0.39 is 6.10 Å². The highest BCUT2D eigenvalue weighted by atomic mass is 16.5. The van der Waals surface area contributed by atoms with Crippen molar-refractivity contribution in [2.24, 2.45) is 0 Å². The zero-order valence-electron chi connectivity index (χ0n) is 20.3. The molecular formula is C25H39N3O6. The van der Waals surface area contributed by atoms with Gasteiger partial charge in [-0.3, -0.25) is 14.6 Å². The first-order valence-corrected chi connectivity index (χ1v) is 12.0. The maximum atomic E-state index is 13.5. The maximum Gasteiger partial charge on any atom is 0.254 e. The number of methoxy groups -OCH3 is 1. The van der Waals surface area contributed by atoms with Crippen LogP contribution >= 0.6 is 0 Å². The first-order chi connectivity index (χ1) is 16.6. The molecule has 0 radical (unpaired) electrons. The van der Waals surface area contributed by atoms with Crippen LogP contribution in [-0.2, 0) is 14.2 Å². The third-order valence-electron chi connectivity index (χ3n) is 6.06. The minimum Gasteiger partial charge on any atom is -0.497 e. The summed E-state index contributed by atoms with van der Waals surface area (Å²) in [7, 11) is 1.60. The molecule has 2 aliphatic heterocycles. The standard InChI is InChI=1S/C25H39N3O6/c1-3-12-33-20-22(29)17-27-11-15-34-24(18-27)19-28(8-7-26-9-13-32-14-10-26)25(30)21-5-4-6-23(16-21)31-2/h3-6,16,22,24,29H,1,7-15,17-20H2,2H3. The Bertz CT molecular complexity index is 758. The lowest BCUT2D eigenvalue weighted by Crippen LogP contribution is -2.52. The molecule has 0 bridgehead atoms. The number of morpholine rings is 2. The fraction of sp³-hybridized carbons (Fsp3) is 0.640. The van der Waals surface area contributed by atoms with Gasteiger partial charge in [-0.05, 0) is 18.2 Å². The van der Waals surface area contributed by atoms with Gasteiger partial charge in [0, 0.05) is 57.9 Å². The number of amides is 1. The molecule has 1 aromatic rings. The zero-order valence-corrected chi connectivity index (χ0v) is 20.3. The topological polar surface area (TPSA) is 83.9 Å². The van der Waals surface area contributed by atoms with Crippen molar-refractivity contribution in [3.05, 3.63) is 42.5 Å². The number of β-amino-alcohol motifs (C(OH)–C–C–N with tert-alkyl or cyclic N) is 1. The van der Waals surface area contributed by atoms with Gasteiger partial charge in [0.2, 0.25) is 0 Å². The van der Waals surface area contributed by atoms with Gasteiger partial charge in [0.25, 0.3) is 5.91 Å². The molecule has 2 fully saturated rings. The minimum absolute atomic E-state index is 0.0363. The van der Waals surface area contributed by atoms with Crippen molar-refractivity contribution in [1.29, 1.82) is 0 Å². The highest BCUT2D eigenvalue weighted by molar-refractivity contribution is 5.94. The third-order valence-corrected chi connectivity index (χ3v) is 6.06. The molecule has 9 nitrogen and oxygen atoms in total. The SMILES string of the molecule is C=CCOCC(O)CN1CCOC(CN(CCN2CCOCC2)C(=O)c2cccc(OC)c2)C1. The summed E-state index contributed by atoms with van der Waals surface area (Å²) in [5.74, 6) is 0.623. The van der Waals surface area contributed by atoms with Crippen LogP contribution in [0.15, 0.2) is 36.9 Å². The van der Waals surface area contributed by atoms with Crippen LogP contribution in [-0.4, -0.2) is 130 Å². The van der Waals surface area contributed by atoms with Crippen LogP contribution in [0.1, 0.15) is 10.4 Å². The molecule has 9 heteroatoms. The molecule has 190 valence electrons. The first kappa shape index (κ1) is 26.6. The Morgan fingerprint density at radius 3 is 2.85 bits per heavy atom. The molecule has 0 aliphatic carbocycles. The lowest BCUT2D eigenvalue weighted by atomic mass is 10.1. The summed E-state index contributed by atoms with van der Waals surface area (Å²) in [6.45, 7) is 11.9. The second kappa shape index (κ2) is 14.4. The molecule has 1 N–H and O–H groups in total. The normalized spacial score (nSPS) is 20.6. The number of carbonyl (C=O) groups excluding carboxylic acids is 1. The molecule has 2 aliphatic rings. The molecule has 2 saturated heterocycles. The van der Waals surface area contributed by atoms with E-state index in [4.69, 9.17) is 18.9 Å². The monoisotopic (exact) mass is 477 g/mol. The van der Waals surface area contributed by atoms with Gasteiger partial charge in [-0.15, -0.1) is 6.58 Å². The van der Waals surface area contributed by atoms with Gasteiger partial charge in [-0.2, -0.15) is 0 Å². The van der Waals surface area contributed by atoms with Gasteiger partial charge in [0.15, 0.2) is 0 Å². The van der Waals surface area contributed by atoms with Crippen molar-refractivity contribution < 1.29 is 28.8 Å². The van der Waals surface area contributed by atoms with E-state index in [0.717, 1.165) is 39.4 Å². The summed E-state index contributed by atoms with van der Waals surface area (Å²) >= 11 is 0. The smallest absolute Gasteiger partial charge is 0.254 e. The van der Waals surface area contributed by atoms with Gasteiger partial charge in [-0.25, -0.2) is 0 Å². The third kappa shape index (κ3) is 8.65. The molecule has 2 unspecified atom stereocenters. The Morgan fingerprint density at radius 1 is 1.29 bits per heavy atom. The summed E-state index contributed by atoms with van der Waals surface area (Å²) in [6, 6.07) is 7.26. The van der Waals surface area contributed by atoms with E-state index in [0.29, 0.717) is 50.7 Å². The average molecular weight is 478 g/mol. The Kier molecular flexibility index (Phi) is 11.3. The van der Waals surface area contributed by atoms with Crippen molar-refractivity contribution in [3.8, 4) is 5.75 Å². The number of carbonyl (C=O) groups is 1. The molecule has 34 heavy (non-hydrogen) atoms. The zero-order chi connectivity index (χ0) is 24.2. The minimum atomic E-state index is -0.575. The molecule has 0 aromatic heterocycles. The summed E-state index contributed by atoms with van der Waals surface area (Å²) in [5.41, 5.74) is 0.601. The number of aliphatic hydroxyl groups is 1. The summed E-state index contributed by atoms with van der Waals surface area (Å²) in [6.07, 6.45) is 0.964. The van der Waals surface area contributed by atoms with E-state index in [1.54, 1.807) is 19.3 Å². The van der Waals surface area contributed by atoms with E-state index >= 15 is 0 Å². The van der Waals surface area contributed by atoms with Crippen molar-refractivity contribution in [3.63, 3.8) is 0 Å². The van der Waals surface area contributed by atoms with E-state index in [9.17, 15) is 9.90 Å². The number of ether oxygens (including phenoxy) is 4. The van der Waals surface area contributed by atoms with Gasteiger partial charge < -0.3 is 29.0 Å². The van der Waals surface area contributed by atoms with Crippen LogP contribution in [0.3, 0.4) is 0 Å². The fourth-order valence-electron chi connectivity index (χ4n) is 4.24. The second-order valence-corrected chi connectivity index (χ2v) is 8.67. The summed E-state index contributed by atoms with van der Waals surface area (Å²) in [5, 5.41) is 10.3. The van der Waals surface area contributed by atoms with Crippen LogP contribution in [0, 0.1) is 0 Å². The quantitative estimate of drug-likeness (QED) is 0.329. The van der Waals surface area contributed by atoms with E-state index in [1.807, 2.05) is 23.1 Å². The number of rotatable bonds is 13. The van der Waals surface area contributed by atoms with Crippen molar-refractivity contribution >= 4 is 5.91 Å². The maximum absolute atomic E-state index is 13.5. The van der Waals surface area contributed by atoms with Gasteiger partial charge >= 0.3 is 0 Å². The predicted molar refractivity (Wildman–Crippen MR) is 129 cm³/mol. The molecule has 1 amide bonds. The molecule has 2 atom stereocenters. The molecule has 3 rings (SSSR count). The lowest BCUT2D eigenvalue weighted by Gasteiger charge is -2.37. The van der Waals surface area contributed by atoms with Crippen LogP contribution < -0.4 is 4.74 Å². The van der Waals surface area contributed by atoms with E-state index in [1.165, 1.54) is 0 Å². The van der Waals surface area contributed by atoms with E-state index in [-0.39, 0.29) is 18.6 Å². The van der Waals surface area contributed by atoms with E-state index in [2.05, 4.69) is 16.4 Å². The van der Waals surface area contributed by atoms with Gasteiger partial charge in [0.1, 0.15) is 5.75 Å². The summed E-state index contributed by atoms with van der Waals surface area (Å²) in [4.78, 5) is 19.8. The molecular weight excluding hydrogens is 438 g/mol. The molecule has 1 aromatic carbocycles. The van der Waals surface area contributed by atoms with Crippen molar-refractivity contribution in [2.45, 2.75) is 12.2 Å². The van der Waals surface area contributed by atoms with Crippen molar-refractivity contribution in [1.82, 2.24) is 14.7 Å². The Hall–Kier alpha value is -2.01. The fourth-order valence-corrected chi connectivity index (χ4v) is 4.24. The Morgan fingerprint density at radius 2 is 2.09 bits per heavy atom. The van der Waals surface area contributed by atoms with Crippen LogP contribution in [0.2, 0.25) is 0 Å². The number of benzene rings is 1. The molecule has 0 saturated carbocycles. The van der Waals surface area contributed by atoms with Crippen LogP contribution in [0.4, 0.5) is 0 Å². The molecule has 0 spiro atoms. The largest absolute Gasteiger partial charge is 0.497 e. The van der Waals surface area contributed by atoms with Crippen LogP contribution in [0.5, 0.6) is 5.75 Å². The predicted octanol–water partition coefficient (Wildman–Crippen LogP) is 0.734. The number of hydrogen-bond acceptors (Lipinski definition) is 8. The lowest BCUT2D eigenvalue weighted by molar-refractivity contribution is -0.0583. The summed E-state index contributed by atoms with van der Waals surface area (Å²) < 4.78 is 22.1. The van der Waals surface area contributed by atoms with Crippen LogP contribution in [0.25, 0.3) is 0 Å². The Balaban J connectivity index is 1.61.